The predicted molar refractivity (Wildman–Crippen MR) is 246 cm³/mol. The van der Waals surface area contributed by atoms with Gasteiger partial charge in [-0.3, -0.25) is 0 Å². The van der Waals surface area contributed by atoms with Crippen LogP contribution in [0.5, 0.6) is 0 Å². The number of fused-ring (bicyclic) bond motifs is 2. The van der Waals surface area contributed by atoms with Crippen molar-refractivity contribution in [1.82, 2.24) is 4.98 Å². The van der Waals surface area contributed by atoms with E-state index in [1.165, 1.54) is 27.5 Å². The molecule has 0 bridgehead atoms. The van der Waals surface area contributed by atoms with Gasteiger partial charge in [0.2, 0.25) is 0 Å². The average molecular weight is 765 g/mol. The highest BCUT2D eigenvalue weighted by Gasteiger charge is 2.25. The molecule has 0 amide bonds. The number of hydrogen-bond acceptors (Lipinski definition) is 4. The van der Waals surface area contributed by atoms with Crippen LogP contribution < -0.4 is 4.90 Å². The Kier molecular flexibility index (Phi) is 9.19. The second kappa shape index (κ2) is 15.1. The number of aromatic nitrogens is 1. The second-order valence-electron chi connectivity index (χ2n) is 14.1. The van der Waals surface area contributed by atoms with Crippen LogP contribution in [0.4, 0.5) is 17.1 Å². The minimum atomic E-state index is 0.866. The molecular weight excluding hydrogens is 729 g/mol. The van der Waals surface area contributed by atoms with Gasteiger partial charge < -0.3 is 4.90 Å². The van der Waals surface area contributed by atoms with Gasteiger partial charge in [0.25, 0.3) is 0 Å². The number of thiazole rings is 1. The number of rotatable bonds is 8. The first kappa shape index (κ1) is 34.7. The Hall–Kier alpha value is -6.72. The summed E-state index contributed by atoms with van der Waals surface area (Å²) in [5.74, 6) is 0. The molecule has 0 radical (unpaired) electrons. The molecular formula is C53H36N2S2. The quantitative estimate of drug-likeness (QED) is 0.155. The van der Waals surface area contributed by atoms with E-state index in [2.05, 4.69) is 217 Å². The van der Waals surface area contributed by atoms with Gasteiger partial charge in [0, 0.05) is 21.8 Å². The Bertz CT molecular complexity index is 3000. The van der Waals surface area contributed by atoms with Crippen LogP contribution in [-0.2, 0) is 0 Å². The first-order valence-corrected chi connectivity index (χ1v) is 20.4. The van der Waals surface area contributed by atoms with Gasteiger partial charge in [0.15, 0.2) is 0 Å². The summed E-state index contributed by atoms with van der Waals surface area (Å²) in [6.07, 6.45) is 0. The lowest BCUT2D eigenvalue weighted by molar-refractivity contribution is 1.24. The van der Waals surface area contributed by atoms with Crippen LogP contribution in [-0.4, -0.2) is 4.98 Å². The molecule has 57 heavy (non-hydrogen) atoms. The highest BCUT2D eigenvalue weighted by atomic mass is 32.1. The van der Waals surface area contributed by atoms with E-state index in [4.69, 9.17) is 17.6 Å². The third kappa shape index (κ3) is 6.69. The summed E-state index contributed by atoms with van der Waals surface area (Å²) in [5.41, 5.74) is 14.1. The topological polar surface area (TPSA) is 16.1 Å². The summed E-state index contributed by atoms with van der Waals surface area (Å²) < 4.78 is 1.10. The van der Waals surface area contributed by atoms with E-state index < -0.39 is 0 Å². The van der Waals surface area contributed by atoms with Crippen LogP contribution in [0.15, 0.2) is 217 Å². The van der Waals surface area contributed by atoms with Crippen molar-refractivity contribution in [1.29, 1.82) is 0 Å². The maximum atomic E-state index is 5.45. The van der Waals surface area contributed by atoms with Crippen LogP contribution in [0.2, 0.25) is 0 Å². The van der Waals surface area contributed by atoms with Gasteiger partial charge in [-0.25, -0.2) is 4.98 Å². The first-order chi connectivity index (χ1) is 28.2. The van der Waals surface area contributed by atoms with E-state index in [0.29, 0.717) is 0 Å². The fourth-order valence-corrected chi connectivity index (χ4v) is 9.18. The third-order valence-corrected chi connectivity index (χ3v) is 12.1. The summed E-state index contributed by atoms with van der Waals surface area (Å²) in [5, 5.41) is 3.40. The van der Waals surface area contributed by atoms with Crippen molar-refractivity contribution < 1.29 is 0 Å². The largest absolute Gasteiger partial charge is 0.307 e. The Balaban J connectivity index is 1.26. The van der Waals surface area contributed by atoms with E-state index in [1.54, 1.807) is 11.3 Å². The van der Waals surface area contributed by atoms with Gasteiger partial charge in [-0.05, 0) is 91.7 Å². The lowest BCUT2D eigenvalue weighted by Crippen LogP contribution is -2.12. The molecule has 0 saturated heterocycles. The van der Waals surface area contributed by atoms with Crippen LogP contribution >= 0.6 is 24.0 Å². The molecule has 0 spiro atoms. The van der Waals surface area contributed by atoms with Crippen molar-refractivity contribution >= 4 is 62.0 Å². The van der Waals surface area contributed by atoms with Crippen molar-refractivity contribution in [2.75, 3.05) is 4.90 Å². The molecule has 0 unspecified atom stereocenters. The molecule has 4 heteroatoms. The van der Waals surface area contributed by atoms with Gasteiger partial charge in [-0.2, -0.15) is 0 Å². The van der Waals surface area contributed by atoms with Crippen molar-refractivity contribution in [2.45, 2.75) is 4.90 Å². The summed E-state index contributed by atoms with van der Waals surface area (Å²) in [6.45, 7) is 0. The van der Waals surface area contributed by atoms with Crippen LogP contribution in [0.3, 0.4) is 0 Å². The summed E-state index contributed by atoms with van der Waals surface area (Å²) >= 11 is 7.17. The molecule has 0 aliphatic heterocycles. The molecule has 2 nitrogen and oxygen atoms in total. The van der Waals surface area contributed by atoms with Crippen molar-refractivity contribution in [3.8, 4) is 55.1 Å². The molecule has 1 heterocycles. The van der Waals surface area contributed by atoms with Gasteiger partial charge >= 0.3 is 0 Å². The van der Waals surface area contributed by atoms with E-state index in [-0.39, 0.29) is 0 Å². The third-order valence-electron chi connectivity index (χ3n) is 10.6. The zero-order valence-electron chi connectivity index (χ0n) is 31.0. The standard InChI is InChI=1S/C53H36N2S2/c56-52-48(40-20-9-3-10-21-40)35-49-50(54-53(57-49)41-22-11-4-12-23-41)51(52)55(44-29-27-38(28-30-44)36-15-5-1-6-16-36)45-31-32-46(39-18-7-2-8-19-39)47(34-45)43-26-25-37-17-13-14-24-42(37)33-43/h1-35,56H. The Labute approximate surface area is 342 Å². The van der Waals surface area contributed by atoms with E-state index in [1.807, 2.05) is 0 Å². The van der Waals surface area contributed by atoms with Crippen LogP contribution in [0, 0.1) is 0 Å². The molecule has 0 atom stereocenters. The van der Waals surface area contributed by atoms with Crippen molar-refractivity contribution in [2.24, 2.45) is 0 Å². The van der Waals surface area contributed by atoms with Gasteiger partial charge in [-0.1, -0.05) is 176 Å². The van der Waals surface area contributed by atoms with E-state index in [9.17, 15) is 0 Å². The SMILES string of the molecule is Sc1c(-c2ccccc2)cc2sc(-c3ccccc3)nc2c1N(c1ccc(-c2ccccc2)cc1)c1ccc(-c2ccccc2)c(-c2ccc3ccccc3c2)c1. The van der Waals surface area contributed by atoms with E-state index >= 15 is 0 Å². The van der Waals surface area contributed by atoms with Crippen LogP contribution in [0.1, 0.15) is 0 Å². The molecule has 0 aliphatic carbocycles. The second-order valence-corrected chi connectivity index (χ2v) is 15.6. The van der Waals surface area contributed by atoms with Crippen molar-refractivity contribution in [3.63, 3.8) is 0 Å². The summed E-state index contributed by atoms with van der Waals surface area (Å²) in [4.78, 5) is 8.65. The normalized spacial score (nSPS) is 11.2. The highest BCUT2D eigenvalue weighted by Crippen LogP contribution is 2.50. The molecule has 270 valence electrons. The molecule has 9 aromatic carbocycles. The Morgan fingerprint density at radius 2 is 0.912 bits per heavy atom. The molecule has 0 N–H and O–H groups in total. The molecule has 10 aromatic rings. The molecule has 10 rings (SSSR count). The maximum Gasteiger partial charge on any atom is 0.124 e. The fourth-order valence-electron chi connectivity index (χ4n) is 7.77. The lowest BCUT2D eigenvalue weighted by Gasteiger charge is -2.29. The van der Waals surface area contributed by atoms with Crippen LogP contribution in [0.25, 0.3) is 76.1 Å². The maximum absolute atomic E-state index is 5.45. The minimum absolute atomic E-state index is 0.866. The average Bonchev–Trinajstić information content (AvgIpc) is 3.72. The molecule has 0 saturated carbocycles. The zero-order chi connectivity index (χ0) is 38.1. The van der Waals surface area contributed by atoms with E-state index in [0.717, 1.165) is 70.6 Å². The van der Waals surface area contributed by atoms with Crippen molar-refractivity contribution in [3.05, 3.63) is 212 Å². The molecule has 0 aliphatic rings. The predicted octanol–water partition coefficient (Wildman–Crippen LogP) is 15.5. The minimum Gasteiger partial charge on any atom is -0.307 e. The smallest absolute Gasteiger partial charge is 0.124 e. The monoisotopic (exact) mass is 764 g/mol. The molecule has 1 aromatic heterocycles. The zero-order valence-corrected chi connectivity index (χ0v) is 32.7. The molecule has 0 fully saturated rings. The Morgan fingerprint density at radius 1 is 0.386 bits per heavy atom. The number of benzene rings is 9. The first-order valence-electron chi connectivity index (χ1n) is 19.1. The number of hydrogen-bond donors (Lipinski definition) is 1. The lowest BCUT2D eigenvalue weighted by atomic mass is 9.92. The van der Waals surface area contributed by atoms with Gasteiger partial charge in [0.05, 0.1) is 10.4 Å². The highest BCUT2D eigenvalue weighted by molar-refractivity contribution is 7.80. The number of anilines is 3. The number of thiol groups is 1. The fraction of sp³-hybridized carbons (Fsp3) is 0. The van der Waals surface area contributed by atoms with Gasteiger partial charge in [-0.15, -0.1) is 24.0 Å². The summed E-state index contributed by atoms with van der Waals surface area (Å²) in [7, 11) is 0. The van der Waals surface area contributed by atoms with Gasteiger partial charge in [0.1, 0.15) is 10.5 Å². The summed E-state index contributed by atoms with van der Waals surface area (Å²) in [6, 6.07) is 75.6. The number of nitrogens with zero attached hydrogens (tertiary/aromatic N) is 2. The Morgan fingerprint density at radius 3 is 1.58 bits per heavy atom.